The Bertz CT molecular complexity index is 873. The number of urea groups is 1. The average molecular weight is 371 g/mol. The maximum atomic E-state index is 12.9. The van der Waals surface area contributed by atoms with Crippen molar-refractivity contribution in [2.24, 2.45) is 0 Å². The first-order valence-corrected chi connectivity index (χ1v) is 10.4. The topological polar surface area (TPSA) is 79.4 Å². The van der Waals surface area contributed by atoms with Gasteiger partial charge in [-0.1, -0.05) is 24.3 Å². The number of piperidine rings is 1. The summed E-state index contributed by atoms with van der Waals surface area (Å²) in [6.07, 6.45) is 4.30. The largest absolute Gasteiger partial charge is 0.323 e. The summed E-state index contributed by atoms with van der Waals surface area (Å²) in [7, 11) is -3.37. The van der Waals surface area contributed by atoms with Crippen molar-refractivity contribution in [3.63, 3.8) is 0 Å². The molecule has 3 heterocycles. The zero-order valence-electron chi connectivity index (χ0n) is 14.3. The number of amides is 2. The zero-order valence-corrected chi connectivity index (χ0v) is 15.1. The van der Waals surface area contributed by atoms with Crippen LogP contribution in [0.4, 0.5) is 10.6 Å². The lowest BCUT2D eigenvalue weighted by atomic mass is 10.0. The third-order valence-electron chi connectivity index (χ3n) is 5.33. The summed E-state index contributed by atoms with van der Waals surface area (Å²) in [4.78, 5) is 19.0. The van der Waals surface area contributed by atoms with Gasteiger partial charge in [0.2, 0.25) is 0 Å². The Morgan fingerprint density at radius 2 is 1.65 bits per heavy atom. The van der Waals surface area contributed by atoms with Crippen LogP contribution in [-0.4, -0.2) is 41.7 Å². The third kappa shape index (κ3) is 3.07. The minimum atomic E-state index is -3.37. The molecule has 4 rings (SSSR count). The van der Waals surface area contributed by atoms with E-state index < -0.39 is 15.1 Å². The molecule has 2 unspecified atom stereocenters. The standard InChI is InChI=1S/C19H21N3O3S/c23-19(21-18-8-4-5-11-20-18)22-14-9-10-15(22)13-17(12-14)26(24,25)16-6-2-1-3-7-16/h1-8,11,14-15,17H,9-10,12-13H2,(H,20,21,23). The molecule has 26 heavy (non-hydrogen) atoms. The maximum Gasteiger partial charge on any atom is 0.323 e. The van der Waals surface area contributed by atoms with Crippen LogP contribution in [0.3, 0.4) is 0 Å². The number of anilines is 1. The van der Waals surface area contributed by atoms with Crippen LogP contribution in [-0.2, 0) is 9.84 Å². The van der Waals surface area contributed by atoms with Crippen LogP contribution < -0.4 is 5.32 Å². The fourth-order valence-corrected chi connectivity index (χ4v) is 6.00. The van der Waals surface area contributed by atoms with Gasteiger partial charge in [0.25, 0.3) is 0 Å². The molecule has 0 saturated carbocycles. The van der Waals surface area contributed by atoms with Crippen molar-refractivity contribution in [2.45, 2.75) is 47.9 Å². The van der Waals surface area contributed by atoms with Gasteiger partial charge in [-0.25, -0.2) is 18.2 Å². The molecule has 2 fully saturated rings. The van der Waals surface area contributed by atoms with E-state index in [0.29, 0.717) is 23.6 Å². The lowest BCUT2D eigenvalue weighted by molar-refractivity contribution is 0.159. The highest BCUT2D eigenvalue weighted by Gasteiger charge is 2.47. The molecule has 2 aliphatic rings. The van der Waals surface area contributed by atoms with Gasteiger partial charge in [0, 0.05) is 18.3 Å². The van der Waals surface area contributed by atoms with Gasteiger partial charge < -0.3 is 4.90 Å². The molecule has 2 atom stereocenters. The smallest absolute Gasteiger partial charge is 0.318 e. The SMILES string of the molecule is O=C(Nc1ccccn1)N1C2CCC1CC(S(=O)(=O)c1ccccc1)C2. The van der Waals surface area contributed by atoms with E-state index in [4.69, 9.17) is 0 Å². The van der Waals surface area contributed by atoms with Gasteiger partial charge in [0.1, 0.15) is 5.82 Å². The number of hydrogen-bond acceptors (Lipinski definition) is 4. The molecule has 1 N–H and O–H groups in total. The number of rotatable bonds is 3. The van der Waals surface area contributed by atoms with Crippen LogP contribution in [0.1, 0.15) is 25.7 Å². The molecule has 0 spiro atoms. The summed E-state index contributed by atoms with van der Waals surface area (Å²) in [5, 5.41) is 2.39. The van der Waals surface area contributed by atoms with Crippen molar-refractivity contribution < 1.29 is 13.2 Å². The number of nitrogens with zero attached hydrogens (tertiary/aromatic N) is 2. The van der Waals surface area contributed by atoms with Crippen LogP contribution in [0.5, 0.6) is 0 Å². The summed E-state index contributed by atoms with van der Waals surface area (Å²) in [6.45, 7) is 0. The minimum Gasteiger partial charge on any atom is -0.318 e. The van der Waals surface area contributed by atoms with Crippen molar-refractivity contribution in [3.8, 4) is 0 Å². The van der Waals surface area contributed by atoms with Crippen molar-refractivity contribution >= 4 is 21.7 Å². The highest BCUT2D eigenvalue weighted by atomic mass is 32.2. The van der Waals surface area contributed by atoms with Crippen molar-refractivity contribution in [2.75, 3.05) is 5.32 Å². The fraction of sp³-hybridized carbons (Fsp3) is 0.368. The Kier molecular flexibility index (Phi) is 4.40. The summed E-state index contributed by atoms with van der Waals surface area (Å²) in [5.74, 6) is 0.510. The van der Waals surface area contributed by atoms with Crippen LogP contribution in [0.15, 0.2) is 59.6 Å². The van der Waals surface area contributed by atoms with Crippen molar-refractivity contribution in [1.82, 2.24) is 9.88 Å². The lowest BCUT2D eigenvalue weighted by Crippen LogP contribution is -2.51. The highest BCUT2D eigenvalue weighted by Crippen LogP contribution is 2.40. The van der Waals surface area contributed by atoms with E-state index in [0.717, 1.165) is 12.8 Å². The number of sulfone groups is 1. The second kappa shape index (κ2) is 6.72. The molecule has 1 aromatic heterocycles. The lowest BCUT2D eigenvalue weighted by Gasteiger charge is -2.38. The first-order chi connectivity index (χ1) is 12.6. The van der Waals surface area contributed by atoms with Crippen molar-refractivity contribution in [1.29, 1.82) is 0 Å². The number of carbonyl (C=O) groups is 1. The van der Waals surface area contributed by atoms with Gasteiger partial charge >= 0.3 is 6.03 Å². The molecule has 6 nitrogen and oxygen atoms in total. The number of nitrogens with one attached hydrogen (secondary N) is 1. The molecule has 7 heteroatoms. The summed E-state index contributed by atoms with van der Waals surface area (Å²) in [6, 6.07) is 13.7. The van der Waals surface area contributed by atoms with Gasteiger partial charge in [-0.3, -0.25) is 5.32 Å². The number of aromatic nitrogens is 1. The normalized spacial score (nSPS) is 25.1. The molecule has 2 amide bonds. The van der Waals surface area contributed by atoms with Crippen molar-refractivity contribution in [3.05, 3.63) is 54.7 Å². The molecular weight excluding hydrogens is 350 g/mol. The van der Waals surface area contributed by atoms with Crippen LogP contribution in [0.2, 0.25) is 0 Å². The van der Waals surface area contributed by atoms with Gasteiger partial charge in [0.15, 0.2) is 9.84 Å². The first kappa shape index (κ1) is 17.0. The Labute approximate surface area is 153 Å². The Morgan fingerprint density at radius 1 is 1.00 bits per heavy atom. The molecule has 1 aromatic carbocycles. The van der Waals surface area contributed by atoms with Gasteiger partial charge in [-0.2, -0.15) is 0 Å². The minimum absolute atomic E-state index is 0.0408. The average Bonchev–Trinajstić information content (AvgIpc) is 2.93. The predicted molar refractivity (Wildman–Crippen MR) is 98.6 cm³/mol. The Morgan fingerprint density at radius 3 is 2.27 bits per heavy atom. The molecule has 0 aliphatic carbocycles. The summed E-state index contributed by atoms with van der Waals surface area (Å²) in [5.41, 5.74) is 0. The van der Waals surface area contributed by atoms with Gasteiger partial charge in [-0.05, 0) is 49.9 Å². The maximum absolute atomic E-state index is 12.9. The number of benzene rings is 1. The number of carbonyl (C=O) groups excluding carboxylic acids is 1. The third-order valence-corrected chi connectivity index (χ3v) is 7.53. The molecule has 136 valence electrons. The van der Waals surface area contributed by atoms with E-state index in [9.17, 15) is 13.2 Å². The fourth-order valence-electron chi connectivity index (χ4n) is 4.13. The molecule has 2 aliphatic heterocycles. The van der Waals surface area contributed by atoms with Crippen LogP contribution in [0, 0.1) is 0 Å². The Balaban J connectivity index is 1.50. The van der Waals surface area contributed by atoms with E-state index in [1.807, 2.05) is 17.0 Å². The number of fused-ring (bicyclic) bond motifs is 2. The van der Waals surface area contributed by atoms with E-state index in [1.54, 1.807) is 42.6 Å². The predicted octanol–water partition coefficient (Wildman–Crippen LogP) is 3.08. The number of pyridine rings is 1. The molecule has 2 saturated heterocycles. The monoisotopic (exact) mass is 371 g/mol. The van der Waals surface area contributed by atoms with Crippen LogP contribution in [0.25, 0.3) is 0 Å². The quantitative estimate of drug-likeness (QED) is 0.899. The molecule has 0 radical (unpaired) electrons. The van der Waals surface area contributed by atoms with E-state index in [1.165, 1.54) is 0 Å². The van der Waals surface area contributed by atoms with E-state index in [-0.39, 0.29) is 18.1 Å². The molecule has 2 aromatic rings. The molecule has 2 bridgehead atoms. The van der Waals surface area contributed by atoms with Gasteiger partial charge in [0.05, 0.1) is 10.1 Å². The second-order valence-corrected chi connectivity index (χ2v) is 9.12. The van der Waals surface area contributed by atoms with Gasteiger partial charge in [-0.15, -0.1) is 0 Å². The zero-order chi connectivity index (χ0) is 18.1. The van der Waals surface area contributed by atoms with Crippen LogP contribution >= 0.6 is 0 Å². The highest BCUT2D eigenvalue weighted by molar-refractivity contribution is 7.92. The Hall–Kier alpha value is -2.41. The van der Waals surface area contributed by atoms with E-state index in [2.05, 4.69) is 10.3 Å². The number of hydrogen-bond donors (Lipinski definition) is 1. The molecular formula is C19H21N3O3S. The summed E-state index contributed by atoms with van der Waals surface area (Å²) < 4.78 is 25.9. The first-order valence-electron chi connectivity index (χ1n) is 8.85. The second-order valence-electron chi connectivity index (χ2n) is 6.89. The summed E-state index contributed by atoms with van der Waals surface area (Å²) >= 11 is 0. The van der Waals surface area contributed by atoms with E-state index >= 15 is 0 Å².